The summed E-state index contributed by atoms with van der Waals surface area (Å²) in [6, 6.07) is 5.92. The van der Waals surface area contributed by atoms with Crippen LogP contribution in [0.25, 0.3) is 0 Å². The zero-order chi connectivity index (χ0) is 12.7. The van der Waals surface area contributed by atoms with Crippen LogP contribution >= 0.6 is 0 Å². The van der Waals surface area contributed by atoms with Crippen LogP contribution in [-0.4, -0.2) is 43.6 Å². The summed E-state index contributed by atoms with van der Waals surface area (Å²) in [5.74, 6) is 0. The van der Waals surface area contributed by atoms with E-state index < -0.39 is 0 Å². The molecule has 4 heteroatoms. The molecule has 0 spiro atoms. The standard InChI is InChI=1S/C13H21NO3/c1-11-9-12(10-16)3-4-13(11)14(2)5-7-17-8-6-15/h3-4,9,15-16H,5-8,10H2,1-2H3. The van der Waals surface area contributed by atoms with Gasteiger partial charge in [0.1, 0.15) is 0 Å². The Bertz CT molecular complexity index is 341. The van der Waals surface area contributed by atoms with Crippen LogP contribution in [0.5, 0.6) is 0 Å². The second-order valence-corrected chi connectivity index (χ2v) is 4.04. The number of hydrogen-bond acceptors (Lipinski definition) is 4. The second kappa shape index (κ2) is 7.27. The smallest absolute Gasteiger partial charge is 0.0698 e. The minimum atomic E-state index is 0.0634. The minimum absolute atomic E-state index is 0.0634. The number of hydrogen-bond donors (Lipinski definition) is 2. The summed E-state index contributed by atoms with van der Waals surface area (Å²) in [4.78, 5) is 2.11. The maximum atomic E-state index is 9.03. The number of aryl methyl sites for hydroxylation is 1. The lowest BCUT2D eigenvalue weighted by molar-refractivity contribution is 0.0971. The summed E-state index contributed by atoms with van der Waals surface area (Å²) in [5.41, 5.74) is 3.20. The van der Waals surface area contributed by atoms with Crippen molar-refractivity contribution < 1.29 is 14.9 Å². The predicted octanol–water partition coefficient (Wildman–Crippen LogP) is 0.932. The number of likely N-dealkylation sites (N-methyl/N-ethyl adjacent to an activating group) is 1. The van der Waals surface area contributed by atoms with Gasteiger partial charge in [-0.25, -0.2) is 0 Å². The fourth-order valence-electron chi connectivity index (χ4n) is 1.73. The van der Waals surface area contributed by atoms with E-state index in [-0.39, 0.29) is 13.2 Å². The Kier molecular flexibility index (Phi) is 5.97. The fraction of sp³-hybridized carbons (Fsp3) is 0.538. The highest BCUT2D eigenvalue weighted by atomic mass is 16.5. The Morgan fingerprint density at radius 2 is 2.00 bits per heavy atom. The first kappa shape index (κ1) is 14.0. The van der Waals surface area contributed by atoms with Crippen molar-refractivity contribution in [1.29, 1.82) is 0 Å². The maximum absolute atomic E-state index is 9.03. The Morgan fingerprint density at radius 3 is 2.59 bits per heavy atom. The van der Waals surface area contributed by atoms with Crippen molar-refractivity contribution in [2.75, 3.05) is 38.3 Å². The van der Waals surface area contributed by atoms with Gasteiger partial charge in [0.2, 0.25) is 0 Å². The van der Waals surface area contributed by atoms with Crippen molar-refractivity contribution in [3.8, 4) is 0 Å². The monoisotopic (exact) mass is 239 g/mol. The van der Waals surface area contributed by atoms with Crippen molar-refractivity contribution in [2.24, 2.45) is 0 Å². The van der Waals surface area contributed by atoms with Crippen molar-refractivity contribution in [1.82, 2.24) is 0 Å². The van der Waals surface area contributed by atoms with Gasteiger partial charge in [0, 0.05) is 19.3 Å². The molecule has 2 N–H and O–H groups in total. The molecule has 0 aliphatic carbocycles. The van der Waals surface area contributed by atoms with Crippen LogP contribution in [0, 0.1) is 6.92 Å². The molecule has 0 fully saturated rings. The molecule has 0 atom stereocenters. The number of nitrogens with zero attached hydrogens (tertiary/aromatic N) is 1. The summed E-state index contributed by atoms with van der Waals surface area (Å²) < 4.78 is 5.23. The number of anilines is 1. The third-order valence-corrected chi connectivity index (χ3v) is 2.66. The van der Waals surface area contributed by atoms with Gasteiger partial charge in [-0.1, -0.05) is 12.1 Å². The van der Waals surface area contributed by atoms with Crippen molar-refractivity contribution >= 4 is 5.69 Å². The lowest BCUT2D eigenvalue weighted by atomic mass is 10.1. The van der Waals surface area contributed by atoms with Crippen LogP contribution < -0.4 is 4.90 Å². The molecule has 0 aromatic heterocycles. The zero-order valence-corrected chi connectivity index (χ0v) is 10.5. The van der Waals surface area contributed by atoms with E-state index in [4.69, 9.17) is 14.9 Å². The SMILES string of the molecule is Cc1cc(CO)ccc1N(C)CCOCCO. The van der Waals surface area contributed by atoms with E-state index in [1.165, 1.54) is 0 Å². The average Bonchev–Trinajstić information content (AvgIpc) is 2.34. The summed E-state index contributed by atoms with van der Waals surface area (Å²) in [6.07, 6.45) is 0. The first-order chi connectivity index (χ1) is 8.19. The van der Waals surface area contributed by atoms with Gasteiger partial charge < -0.3 is 19.8 Å². The lowest BCUT2D eigenvalue weighted by Crippen LogP contribution is -2.23. The van der Waals surface area contributed by atoms with E-state index in [9.17, 15) is 0 Å². The van der Waals surface area contributed by atoms with Crippen LogP contribution in [-0.2, 0) is 11.3 Å². The van der Waals surface area contributed by atoms with Gasteiger partial charge in [0.25, 0.3) is 0 Å². The Morgan fingerprint density at radius 1 is 1.24 bits per heavy atom. The van der Waals surface area contributed by atoms with Gasteiger partial charge in [-0.2, -0.15) is 0 Å². The first-order valence-corrected chi connectivity index (χ1v) is 5.79. The normalized spacial score (nSPS) is 10.6. The molecule has 4 nitrogen and oxygen atoms in total. The highest BCUT2D eigenvalue weighted by molar-refractivity contribution is 5.53. The van der Waals surface area contributed by atoms with Crippen molar-refractivity contribution in [2.45, 2.75) is 13.5 Å². The average molecular weight is 239 g/mol. The molecular formula is C13H21NO3. The van der Waals surface area contributed by atoms with Gasteiger partial charge >= 0.3 is 0 Å². The Balaban J connectivity index is 2.53. The van der Waals surface area contributed by atoms with E-state index in [0.717, 1.165) is 23.4 Å². The molecule has 1 aromatic carbocycles. The largest absolute Gasteiger partial charge is 0.394 e. The first-order valence-electron chi connectivity index (χ1n) is 5.79. The van der Waals surface area contributed by atoms with Crippen LogP contribution in [0.4, 0.5) is 5.69 Å². The number of aliphatic hydroxyl groups is 2. The zero-order valence-electron chi connectivity index (χ0n) is 10.5. The summed E-state index contributed by atoms with van der Waals surface area (Å²) >= 11 is 0. The van der Waals surface area contributed by atoms with Crippen molar-refractivity contribution in [3.63, 3.8) is 0 Å². The third-order valence-electron chi connectivity index (χ3n) is 2.66. The number of aliphatic hydroxyl groups excluding tert-OH is 2. The molecule has 0 saturated carbocycles. The maximum Gasteiger partial charge on any atom is 0.0698 e. The molecule has 96 valence electrons. The molecule has 0 aliphatic rings. The summed E-state index contributed by atoms with van der Waals surface area (Å²) in [5, 5.41) is 17.6. The van der Waals surface area contributed by atoms with Gasteiger partial charge in [-0.15, -0.1) is 0 Å². The molecule has 0 aliphatic heterocycles. The van der Waals surface area contributed by atoms with Gasteiger partial charge in [-0.3, -0.25) is 0 Å². The van der Waals surface area contributed by atoms with Crippen LogP contribution in [0.3, 0.4) is 0 Å². The number of ether oxygens (including phenoxy) is 1. The molecule has 0 bridgehead atoms. The van der Waals surface area contributed by atoms with E-state index in [1.807, 2.05) is 32.2 Å². The molecular weight excluding hydrogens is 218 g/mol. The molecule has 1 aromatic rings. The third kappa shape index (κ3) is 4.34. The Hall–Kier alpha value is -1.10. The molecule has 0 amide bonds. The van der Waals surface area contributed by atoms with E-state index in [1.54, 1.807) is 0 Å². The van der Waals surface area contributed by atoms with Crippen LogP contribution in [0.15, 0.2) is 18.2 Å². The van der Waals surface area contributed by atoms with Crippen LogP contribution in [0.2, 0.25) is 0 Å². The van der Waals surface area contributed by atoms with Crippen molar-refractivity contribution in [3.05, 3.63) is 29.3 Å². The lowest BCUT2D eigenvalue weighted by Gasteiger charge is -2.21. The predicted molar refractivity (Wildman–Crippen MR) is 68.3 cm³/mol. The highest BCUT2D eigenvalue weighted by Gasteiger charge is 2.05. The summed E-state index contributed by atoms with van der Waals surface area (Å²) in [6.45, 7) is 3.92. The second-order valence-electron chi connectivity index (χ2n) is 4.04. The van der Waals surface area contributed by atoms with Gasteiger partial charge in [-0.05, 0) is 24.1 Å². The topological polar surface area (TPSA) is 52.9 Å². The fourth-order valence-corrected chi connectivity index (χ4v) is 1.73. The van der Waals surface area contributed by atoms with E-state index in [2.05, 4.69) is 4.90 Å². The molecule has 0 heterocycles. The highest BCUT2D eigenvalue weighted by Crippen LogP contribution is 2.19. The summed E-state index contributed by atoms with van der Waals surface area (Å²) in [7, 11) is 2.00. The Labute approximate surface area is 102 Å². The van der Waals surface area contributed by atoms with Gasteiger partial charge in [0.15, 0.2) is 0 Å². The van der Waals surface area contributed by atoms with Gasteiger partial charge in [0.05, 0.1) is 26.4 Å². The molecule has 1 rings (SSSR count). The molecule has 17 heavy (non-hydrogen) atoms. The number of benzene rings is 1. The molecule has 0 radical (unpaired) electrons. The van der Waals surface area contributed by atoms with E-state index >= 15 is 0 Å². The van der Waals surface area contributed by atoms with Crippen LogP contribution in [0.1, 0.15) is 11.1 Å². The minimum Gasteiger partial charge on any atom is -0.394 e. The quantitative estimate of drug-likeness (QED) is 0.695. The van der Waals surface area contributed by atoms with E-state index in [0.29, 0.717) is 13.2 Å². The molecule has 0 unspecified atom stereocenters. The number of rotatable bonds is 7. The molecule has 0 saturated heterocycles.